The summed E-state index contributed by atoms with van der Waals surface area (Å²) in [4.78, 5) is 18.8. The molecule has 0 aliphatic carbocycles. The van der Waals surface area contributed by atoms with Gasteiger partial charge in [0, 0.05) is 12.6 Å². The van der Waals surface area contributed by atoms with Crippen LogP contribution in [0.5, 0.6) is 0 Å². The summed E-state index contributed by atoms with van der Waals surface area (Å²) in [7, 11) is 0. The number of hydrogen-bond acceptors (Lipinski definition) is 4. The number of rotatable bonds is 5. The molecule has 3 heterocycles. The highest BCUT2D eigenvalue weighted by atomic mass is 19.4. The molecule has 0 aliphatic heterocycles. The zero-order valence-corrected chi connectivity index (χ0v) is 17.6. The van der Waals surface area contributed by atoms with Crippen LogP contribution in [-0.4, -0.2) is 44.8 Å². The van der Waals surface area contributed by atoms with Crippen molar-refractivity contribution in [3.63, 3.8) is 0 Å². The third kappa shape index (κ3) is 4.83. The number of halogens is 3. The van der Waals surface area contributed by atoms with E-state index in [1.807, 2.05) is 13.8 Å². The highest BCUT2D eigenvalue weighted by molar-refractivity contribution is 6.06. The molecule has 0 fully saturated rings. The normalized spacial score (nSPS) is 12.7. The van der Waals surface area contributed by atoms with Gasteiger partial charge in [0.15, 0.2) is 11.4 Å². The number of aromatic nitrogens is 3. The summed E-state index contributed by atoms with van der Waals surface area (Å²) in [6.07, 6.45) is -1.57. The van der Waals surface area contributed by atoms with E-state index in [-0.39, 0.29) is 18.2 Å². The van der Waals surface area contributed by atoms with E-state index in [2.05, 4.69) is 10.1 Å². The molecule has 0 radical (unpaired) electrons. The van der Waals surface area contributed by atoms with Gasteiger partial charge >= 0.3 is 6.18 Å². The summed E-state index contributed by atoms with van der Waals surface area (Å²) in [6.45, 7) is 7.80. The molecule has 0 N–H and O–H groups in total. The quantitative estimate of drug-likeness (QED) is 0.558. The van der Waals surface area contributed by atoms with Crippen LogP contribution in [0.4, 0.5) is 13.2 Å². The van der Waals surface area contributed by atoms with Gasteiger partial charge in [-0.2, -0.15) is 18.3 Å². The number of hydrogen-bond donors (Lipinski definition) is 0. The summed E-state index contributed by atoms with van der Waals surface area (Å²) >= 11 is 0. The van der Waals surface area contributed by atoms with E-state index in [0.717, 1.165) is 4.90 Å². The van der Waals surface area contributed by atoms with Gasteiger partial charge in [0.2, 0.25) is 0 Å². The van der Waals surface area contributed by atoms with Crippen LogP contribution in [0.15, 0.2) is 35.1 Å². The van der Waals surface area contributed by atoms with Crippen molar-refractivity contribution in [2.75, 3.05) is 13.1 Å². The second kappa shape index (κ2) is 7.77. The van der Waals surface area contributed by atoms with E-state index in [0.29, 0.717) is 22.5 Å². The summed E-state index contributed by atoms with van der Waals surface area (Å²) in [6, 6.07) is 4.78. The molecule has 6 nitrogen and oxygen atoms in total. The number of fused-ring (bicyclic) bond motifs is 1. The molecule has 3 rings (SSSR count). The van der Waals surface area contributed by atoms with E-state index >= 15 is 0 Å². The van der Waals surface area contributed by atoms with Gasteiger partial charge in [-0.3, -0.25) is 4.79 Å². The summed E-state index contributed by atoms with van der Waals surface area (Å²) in [5, 5.41) is 4.71. The van der Waals surface area contributed by atoms with Gasteiger partial charge in [0.05, 0.1) is 23.4 Å². The number of furan rings is 1. The Balaban J connectivity index is 2.17. The predicted molar refractivity (Wildman–Crippen MR) is 107 cm³/mol. The van der Waals surface area contributed by atoms with Crippen molar-refractivity contribution < 1.29 is 22.4 Å². The molecular formula is C21H25F3N4O2. The Kier molecular flexibility index (Phi) is 5.66. The summed E-state index contributed by atoms with van der Waals surface area (Å²) in [5.41, 5.74) is 0.386. The second-order valence-electron chi connectivity index (χ2n) is 8.79. The number of alkyl halides is 3. The summed E-state index contributed by atoms with van der Waals surface area (Å²) in [5.74, 6) is -0.300. The van der Waals surface area contributed by atoms with Gasteiger partial charge in [-0.05, 0) is 37.5 Å². The van der Waals surface area contributed by atoms with Crippen molar-refractivity contribution in [2.45, 2.75) is 46.8 Å². The first kappa shape index (κ1) is 21.9. The maximum atomic E-state index is 13.3. The monoisotopic (exact) mass is 422 g/mol. The SMILES string of the molecule is CC(C)n1ncc2c(C(=O)N(CC(C)(C)C)CC(F)(F)F)cc(-c3ccco3)nc21. The fourth-order valence-corrected chi connectivity index (χ4v) is 3.28. The Labute approximate surface area is 172 Å². The largest absolute Gasteiger partial charge is 0.463 e. The molecule has 0 aromatic carbocycles. The van der Waals surface area contributed by atoms with E-state index in [9.17, 15) is 18.0 Å². The lowest BCUT2D eigenvalue weighted by Gasteiger charge is -2.31. The van der Waals surface area contributed by atoms with Gasteiger partial charge in [-0.25, -0.2) is 9.67 Å². The minimum atomic E-state index is -4.51. The van der Waals surface area contributed by atoms with Crippen LogP contribution in [-0.2, 0) is 0 Å². The van der Waals surface area contributed by atoms with Crippen molar-refractivity contribution in [2.24, 2.45) is 5.41 Å². The van der Waals surface area contributed by atoms with Crippen molar-refractivity contribution in [1.82, 2.24) is 19.7 Å². The third-order valence-electron chi connectivity index (χ3n) is 4.38. The molecule has 3 aromatic heterocycles. The minimum absolute atomic E-state index is 0.0503. The van der Waals surface area contributed by atoms with Crippen molar-refractivity contribution in [3.05, 3.63) is 36.2 Å². The fourth-order valence-electron chi connectivity index (χ4n) is 3.28. The predicted octanol–water partition coefficient (Wildman–Crippen LogP) is 5.32. The van der Waals surface area contributed by atoms with Gasteiger partial charge in [-0.1, -0.05) is 20.8 Å². The smallest absolute Gasteiger partial charge is 0.406 e. The average molecular weight is 422 g/mol. The molecule has 0 atom stereocenters. The van der Waals surface area contributed by atoms with E-state index in [1.165, 1.54) is 18.5 Å². The third-order valence-corrected chi connectivity index (χ3v) is 4.38. The standard InChI is InChI=1S/C21H25F3N4O2/c1-13(2)28-18-15(10-25-28)14(9-16(26-18)17-7-6-8-30-17)19(29)27(11-20(3,4)5)12-21(22,23)24/h6-10,13H,11-12H2,1-5H3. The molecule has 0 aliphatic rings. The molecule has 0 saturated heterocycles. The molecular weight excluding hydrogens is 397 g/mol. The minimum Gasteiger partial charge on any atom is -0.463 e. The number of carbonyl (C=O) groups excluding carboxylic acids is 1. The van der Waals surface area contributed by atoms with Crippen LogP contribution in [0, 0.1) is 5.41 Å². The number of nitrogens with zero attached hydrogens (tertiary/aromatic N) is 4. The van der Waals surface area contributed by atoms with Crippen LogP contribution in [0.25, 0.3) is 22.5 Å². The first-order chi connectivity index (χ1) is 13.9. The number of carbonyl (C=O) groups is 1. The van der Waals surface area contributed by atoms with Gasteiger partial charge in [0.1, 0.15) is 12.2 Å². The average Bonchev–Trinajstić information content (AvgIpc) is 3.26. The van der Waals surface area contributed by atoms with Crippen LogP contribution in [0.2, 0.25) is 0 Å². The van der Waals surface area contributed by atoms with Gasteiger partial charge in [-0.15, -0.1) is 0 Å². The van der Waals surface area contributed by atoms with E-state index in [4.69, 9.17) is 4.42 Å². The van der Waals surface area contributed by atoms with Crippen LogP contribution in [0.3, 0.4) is 0 Å². The van der Waals surface area contributed by atoms with E-state index in [1.54, 1.807) is 37.6 Å². The Bertz CT molecular complexity index is 1020. The lowest BCUT2D eigenvalue weighted by atomic mass is 9.95. The Morgan fingerprint density at radius 2 is 1.93 bits per heavy atom. The maximum Gasteiger partial charge on any atom is 0.406 e. The van der Waals surface area contributed by atoms with Crippen LogP contribution in [0.1, 0.15) is 51.0 Å². The second-order valence-corrected chi connectivity index (χ2v) is 8.79. The molecule has 0 spiro atoms. The van der Waals surface area contributed by atoms with E-state index < -0.39 is 24.0 Å². The van der Waals surface area contributed by atoms with Gasteiger partial charge in [0.25, 0.3) is 5.91 Å². The maximum absolute atomic E-state index is 13.3. The molecule has 0 saturated carbocycles. The highest BCUT2D eigenvalue weighted by Gasteiger charge is 2.36. The molecule has 0 bridgehead atoms. The molecule has 1 amide bonds. The zero-order chi connectivity index (χ0) is 22.3. The fraction of sp³-hybridized carbons (Fsp3) is 0.476. The zero-order valence-electron chi connectivity index (χ0n) is 17.6. The lowest BCUT2D eigenvalue weighted by Crippen LogP contribution is -2.43. The Hall–Kier alpha value is -2.84. The highest BCUT2D eigenvalue weighted by Crippen LogP contribution is 2.29. The Morgan fingerprint density at radius 1 is 1.23 bits per heavy atom. The number of pyridine rings is 1. The van der Waals surface area contributed by atoms with Crippen molar-refractivity contribution in [1.29, 1.82) is 0 Å². The van der Waals surface area contributed by atoms with Crippen molar-refractivity contribution >= 4 is 16.9 Å². The molecule has 3 aromatic rings. The van der Waals surface area contributed by atoms with Crippen LogP contribution < -0.4 is 0 Å². The number of amides is 1. The molecule has 30 heavy (non-hydrogen) atoms. The molecule has 0 unspecified atom stereocenters. The van der Waals surface area contributed by atoms with Crippen molar-refractivity contribution in [3.8, 4) is 11.5 Å². The topological polar surface area (TPSA) is 64.2 Å². The van der Waals surface area contributed by atoms with Crippen LogP contribution >= 0.6 is 0 Å². The summed E-state index contributed by atoms with van der Waals surface area (Å²) < 4.78 is 46.8. The lowest BCUT2D eigenvalue weighted by molar-refractivity contribution is -0.142. The first-order valence-corrected chi connectivity index (χ1v) is 9.64. The Morgan fingerprint density at radius 3 is 2.47 bits per heavy atom. The molecule has 162 valence electrons. The van der Waals surface area contributed by atoms with Gasteiger partial charge < -0.3 is 9.32 Å². The first-order valence-electron chi connectivity index (χ1n) is 9.64. The molecule has 9 heteroatoms.